The molecule has 2 fully saturated rings. The van der Waals surface area contributed by atoms with Crippen molar-refractivity contribution in [2.75, 3.05) is 13.2 Å². The van der Waals surface area contributed by atoms with Gasteiger partial charge >= 0.3 is 26.4 Å². The Balaban J connectivity index is 1.94. The molecule has 3 unspecified atom stereocenters. The summed E-state index contributed by atoms with van der Waals surface area (Å²) in [5, 5.41) is 0. The molecular weight excluding hydrogens is 328 g/mol. The van der Waals surface area contributed by atoms with Crippen molar-refractivity contribution in [2.45, 2.75) is 51.4 Å². The molecule has 0 aromatic heterocycles. The number of epoxide rings is 1. The molecule has 0 radical (unpaired) electrons. The molecule has 2 saturated heterocycles. The summed E-state index contributed by atoms with van der Waals surface area (Å²) in [4.78, 5) is 0. The molecule has 0 aliphatic carbocycles. The maximum atomic E-state index is 6.28. The Bertz CT molecular complexity index is 325. The highest BCUT2D eigenvalue weighted by Crippen LogP contribution is 2.22. The first-order valence-corrected chi connectivity index (χ1v) is 15.6. The maximum Gasteiger partial charge on any atom is 0.333 e. The van der Waals surface area contributed by atoms with Crippen LogP contribution < -0.4 is 0 Å². The number of hydrogen-bond acceptors (Lipinski definition) is 6. The first-order valence-electron chi connectivity index (χ1n) is 7.18. The highest BCUT2D eigenvalue weighted by molar-refractivity contribution is 6.84. The maximum absolute atomic E-state index is 6.28. The summed E-state index contributed by atoms with van der Waals surface area (Å²) in [7, 11) is -7.23. The molecule has 6 nitrogen and oxygen atoms in total. The number of hydrogen-bond donors (Lipinski definition) is 0. The number of ether oxygens (including phenoxy) is 2. The highest BCUT2D eigenvalue weighted by atomic mass is 28.5. The van der Waals surface area contributed by atoms with E-state index in [4.69, 9.17) is 25.9 Å². The van der Waals surface area contributed by atoms with Crippen LogP contribution in [0.4, 0.5) is 0 Å². The van der Waals surface area contributed by atoms with Crippen molar-refractivity contribution in [2.24, 2.45) is 0 Å². The van der Waals surface area contributed by atoms with Gasteiger partial charge in [-0.2, -0.15) is 0 Å². The fourth-order valence-electron chi connectivity index (χ4n) is 2.17. The quantitative estimate of drug-likeness (QED) is 0.527. The molecule has 0 spiro atoms. The van der Waals surface area contributed by atoms with Crippen LogP contribution in [0.2, 0.25) is 26.2 Å². The van der Waals surface area contributed by atoms with Crippen molar-refractivity contribution in [3.05, 3.63) is 0 Å². The van der Waals surface area contributed by atoms with Gasteiger partial charge in [-0.15, -0.1) is 0 Å². The van der Waals surface area contributed by atoms with E-state index in [0.29, 0.717) is 6.61 Å². The molecule has 10 heteroatoms. The summed E-state index contributed by atoms with van der Waals surface area (Å²) in [5.41, 5.74) is 0.0496. The van der Waals surface area contributed by atoms with E-state index in [1.54, 1.807) is 0 Å². The van der Waals surface area contributed by atoms with Crippen LogP contribution in [0.3, 0.4) is 0 Å². The zero-order valence-corrected chi connectivity index (χ0v) is 17.6. The Morgan fingerprint density at radius 1 is 1.30 bits per heavy atom. The van der Waals surface area contributed by atoms with Crippen molar-refractivity contribution in [1.82, 2.24) is 0 Å². The smallest absolute Gasteiger partial charge is 0.333 e. The topological polar surface area (TPSA) is 58.7 Å². The first-order chi connectivity index (χ1) is 9.31. The van der Waals surface area contributed by atoms with Gasteiger partial charge in [-0.3, -0.25) is 0 Å². The predicted molar refractivity (Wildman–Crippen MR) is 84.8 cm³/mol. The molecule has 2 rings (SSSR count). The molecule has 2 aliphatic heterocycles. The lowest BCUT2D eigenvalue weighted by Gasteiger charge is -2.39. The van der Waals surface area contributed by atoms with Gasteiger partial charge in [0.1, 0.15) is 6.10 Å². The van der Waals surface area contributed by atoms with Crippen LogP contribution in [0.25, 0.3) is 0 Å². The third-order valence-electron chi connectivity index (χ3n) is 3.13. The van der Waals surface area contributed by atoms with Gasteiger partial charge in [0.05, 0.1) is 18.9 Å². The van der Waals surface area contributed by atoms with Crippen LogP contribution in [0, 0.1) is 0 Å². The number of rotatable bonds is 5. The van der Waals surface area contributed by atoms with Gasteiger partial charge in [0.25, 0.3) is 10.0 Å². The second-order valence-corrected chi connectivity index (χ2v) is 17.6. The first kappa shape index (κ1) is 17.0. The van der Waals surface area contributed by atoms with Gasteiger partial charge < -0.3 is 25.9 Å². The second-order valence-electron chi connectivity index (χ2n) is 6.05. The average molecular weight is 355 g/mol. The minimum Gasteiger partial charge on any atom is -0.421 e. The van der Waals surface area contributed by atoms with Gasteiger partial charge in [-0.1, -0.05) is 6.92 Å². The zero-order valence-electron chi connectivity index (χ0n) is 13.0. The van der Waals surface area contributed by atoms with E-state index >= 15 is 0 Å². The van der Waals surface area contributed by atoms with Crippen molar-refractivity contribution in [3.63, 3.8) is 0 Å². The fourth-order valence-corrected chi connectivity index (χ4v) is 16.1. The van der Waals surface area contributed by atoms with Gasteiger partial charge in [0.15, 0.2) is 0 Å². The Morgan fingerprint density at radius 3 is 2.60 bits per heavy atom. The predicted octanol–water partition coefficient (Wildman–Crippen LogP) is 0.422. The second kappa shape index (κ2) is 6.81. The van der Waals surface area contributed by atoms with E-state index in [-0.39, 0.29) is 11.8 Å². The summed E-state index contributed by atoms with van der Waals surface area (Å²) in [5.74, 6) is 0. The lowest BCUT2D eigenvalue weighted by Crippen LogP contribution is -2.58. The Hall–Kier alpha value is 0.628. The fraction of sp³-hybridized carbons (Fsp3) is 1.00. The van der Waals surface area contributed by atoms with Gasteiger partial charge in [0.2, 0.25) is 0 Å². The SMILES string of the molecule is CCC(OCC1CO1)[SiH]1O[SiH2]O[Si](C)(C)O[Si](C)(C)O1. The van der Waals surface area contributed by atoms with E-state index in [1.165, 1.54) is 0 Å². The molecule has 3 atom stereocenters. The summed E-state index contributed by atoms with van der Waals surface area (Å²) in [6.45, 7) is 11.8. The summed E-state index contributed by atoms with van der Waals surface area (Å²) < 4.78 is 35.5. The van der Waals surface area contributed by atoms with Crippen LogP contribution in [-0.2, 0) is 25.9 Å². The van der Waals surface area contributed by atoms with E-state index in [2.05, 4.69) is 33.1 Å². The van der Waals surface area contributed by atoms with Crippen molar-refractivity contribution >= 4 is 36.4 Å². The molecule has 2 heterocycles. The molecule has 0 saturated carbocycles. The van der Waals surface area contributed by atoms with E-state index in [1.807, 2.05) is 0 Å². The molecule has 2 aliphatic rings. The summed E-state index contributed by atoms with van der Waals surface area (Å²) in [6.07, 6.45) is 1.16. The van der Waals surface area contributed by atoms with Gasteiger partial charge in [-0.05, 0) is 32.6 Å². The molecule has 20 heavy (non-hydrogen) atoms. The molecule has 0 amide bonds. The molecular formula is C10H26O6Si4. The van der Waals surface area contributed by atoms with Crippen LogP contribution in [0.1, 0.15) is 13.3 Å². The minimum absolute atomic E-state index is 0.0496. The van der Waals surface area contributed by atoms with Crippen LogP contribution in [-0.4, -0.2) is 61.5 Å². The normalized spacial score (nSPS) is 35.2. The molecule has 0 N–H and O–H groups in total. The standard InChI is InChI=1S/C10H26O6Si4/c1-6-10(12-8-9-7-11-9)18-13-17-14-19(2,3)16-20(4,5)15-18/h9-10,18H,6-8,17H2,1-5H3. The molecule has 0 aromatic rings. The van der Waals surface area contributed by atoms with Gasteiger partial charge in [-0.25, -0.2) is 0 Å². The lowest BCUT2D eigenvalue weighted by atomic mass is 10.5. The lowest BCUT2D eigenvalue weighted by molar-refractivity contribution is 0.0653. The van der Waals surface area contributed by atoms with Crippen molar-refractivity contribution in [3.8, 4) is 0 Å². The van der Waals surface area contributed by atoms with E-state index in [0.717, 1.165) is 13.0 Å². The zero-order chi connectivity index (χ0) is 14.8. The Labute approximate surface area is 127 Å². The minimum atomic E-state index is -2.21. The third kappa shape index (κ3) is 5.44. The van der Waals surface area contributed by atoms with Crippen LogP contribution in [0.15, 0.2) is 0 Å². The average Bonchev–Trinajstić information content (AvgIpc) is 3.09. The molecule has 0 bridgehead atoms. The van der Waals surface area contributed by atoms with Crippen molar-refractivity contribution in [1.29, 1.82) is 0 Å². The summed E-state index contributed by atoms with van der Waals surface area (Å²) in [6, 6.07) is 0. The van der Waals surface area contributed by atoms with Crippen LogP contribution >= 0.6 is 0 Å². The molecule has 118 valence electrons. The Morgan fingerprint density at radius 2 is 2.00 bits per heavy atom. The highest BCUT2D eigenvalue weighted by Gasteiger charge is 2.43. The third-order valence-corrected chi connectivity index (χ3v) is 16.6. The monoisotopic (exact) mass is 354 g/mol. The largest absolute Gasteiger partial charge is 0.421 e. The molecule has 0 aromatic carbocycles. The van der Waals surface area contributed by atoms with Crippen molar-refractivity contribution < 1.29 is 25.9 Å². The van der Waals surface area contributed by atoms with E-state index in [9.17, 15) is 0 Å². The van der Waals surface area contributed by atoms with E-state index < -0.39 is 36.4 Å². The Kier molecular flexibility index (Phi) is 5.78. The van der Waals surface area contributed by atoms with Gasteiger partial charge in [0, 0.05) is 0 Å². The summed E-state index contributed by atoms with van der Waals surface area (Å²) >= 11 is 0. The van der Waals surface area contributed by atoms with Crippen LogP contribution in [0.5, 0.6) is 0 Å².